The van der Waals surface area contributed by atoms with E-state index in [4.69, 9.17) is 9.84 Å². The Kier molecular flexibility index (Phi) is 5.75. The number of rotatable bonds is 6. The lowest BCUT2D eigenvalue weighted by Crippen LogP contribution is -2.18. The molecule has 5 heteroatoms. The maximum atomic E-state index is 11.5. The smallest absolute Gasteiger partial charge is 0.328 e. The Labute approximate surface area is 111 Å². The predicted octanol–water partition coefficient (Wildman–Crippen LogP) is 2.07. The Hall–Kier alpha value is -2.14. The van der Waals surface area contributed by atoms with Gasteiger partial charge in [0.1, 0.15) is 6.61 Å². The highest BCUT2D eigenvalue weighted by Crippen LogP contribution is 2.16. The molecule has 0 fully saturated rings. The van der Waals surface area contributed by atoms with Crippen LogP contribution < -0.4 is 5.32 Å². The van der Waals surface area contributed by atoms with E-state index < -0.39 is 5.97 Å². The van der Waals surface area contributed by atoms with Crippen LogP contribution in [0.5, 0.6) is 0 Å². The van der Waals surface area contributed by atoms with Crippen molar-refractivity contribution in [2.45, 2.75) is 13.8 Å². The lowest BCUT2D eigenvalue weighted by molar-refractivity contribution is -0.131. The molecular formula is C14H17NO4. The number of anilines is 1. The average molecular weight is 263 g/mol. The molecule has 0 saturated heterocycles. The molecule has 0 heterocycles. The van der Waals surface area contributed by atoms with E-state index in [0.717, 1.165) is 17.2 Å². The van der Waals surface area contributed by atoms with Gasteiger partial charge in [-0.25, -0.2) is 4.79 Å². The molecule has 0 bridgehead atoms. The summed E-state index contributed by atoms with van der Waals surface area (Å²) in [7, 11) is 0. The first-order chi connectivity index (χ1) is 9.02. The van der Waals surface area contributed by atoms with Crippen LogP contribution in [0.3, 0.4) is 0 Å². The number of benzene rings is 1. The van der Waals surface area contributed by atoms with Gasteiger partial charge in [-0.05, 0) is 43.2 Å². The second kappa shape index (κ2) is 7.33. The number of carboxylic acid groups (broad SMARTS) is 1. The number of amides is 1. The molecule has 1 rings (SSSR count). The molecule has 0 radical (unpaired) electrons. The Balaban J connectivity index is 2.71. The Bertz CT molecular complexity index is 494. The minimum atomic E-state index is -0.992. The van der Waals surface area contributed by atoms with Gasteiger partial charge in [0.05, 0.1) is 0 Å². The van der Waals surface area contributed by atoms with E-state index >= 15 is 0 Å². The Morgan fingerprint density at radius 2 is 2.16 bits per heavy atom. The zero-order valence-corrected chi connectivity index (χ0v) is 11.0. The molecule has 1 aromatic carbocycles. The highest BCUT2D eigenvalue weighted by Gasteiger charge is 2.03. The molecule has 0 saturated carbocycles. The third kappa shape index (κ3) is 5.35. The zero-order chi connectivity index (χ0) is 14.3. The van der Waals surface area contributed by atoms with Gasteiger partial charge in [-0.15, -0.1) is 0 Å². The summed E-state index contributed by atoms with van der Waals surface area (Å²) in [5, 5.41) is 11.3. The average Bonchev–Trinajstić information content (AvgIpc) is 2.35. The van der Waals surface area contributed by atoms with Crippen molar-refractivity contribution in [2.24, 2.45) is 0 Å². The largest absolute Gasteiger partial charge is 0.478 e. The van der Waals surface area contributed by atoms with Crippen molar-refractivity contribution in [2.75, 3.05) is 18.5 Å². The summed E-state index contributed by atoms with van der Waals surface area (Å²) in [5.41, 5.74) is 2.34. The molecule has 0 aliphatic rings. The normalized spacial score (nSPS) is 10.6. The van der Waals surface area contributed by atoms with Crippen LogP contribution in [0.1, 0.15) is 18.1 Å². The van der Waals surface area contributed by atoms with Crippen LogP contribution >= 0.6 is 0 Å². The molecule has 0 aliphatic heterocycles. The van der Waals surface area contributed by atoms with Gasteiger partial charge in [0, 0.05) is 18.4 Å². The predicted molar refractivity (Wildman–Crippen MR) is 73.0 cm³/mol. The van der Waals surface area contributed by atoms with Crippen LogP contribution in [0, 0.1) is 6.92 Å². The third-order valence-electron chi connectivity index (χ3n) is 2.40. The minimum Gasteiger partial charge on any atom is -0.478 e. The third-order valence-corrected chi connectivity index (χ3v) is 2.40. The fourth-order valence-electron chi connectivity index (χ4n) is 1.49. The Morgan fingerprint density at radius 1 is 1.42 bits per heavy atom. The molecule has 2 N–H and O–H groups in total. The first-order valence-electron chi connectivity index (χ1n) is 5.92. The van der Waals surface area contributed by atoms with Crippen molar-refractivity contribution in [1.29, 1.82) is 0 Å². The van der Waals surface area contributed by atoms with Gasteiger partial charge in [0.25, 0.3) is 0 Å². The summed E-state index contributed by atoms with van der Waals surface area (Å²) >= 11 is 0. The fourth-order valence-corrected chi connectivity index (χ4v) is 1.49. The summed E-state index contributed by atoms with van der Waals surface area (Å²) < 4.78 is 5.00. The quantitative estimate of drug-likeness (QED) is 0.770. The van der Waals surface area contributed by atoms with E-state index in [1.165, 1.54) is 6.08 Å². The molecule has 0 aromatic heterocycles. The fraction of sp³-hybridized carbons (Fsp3) is 0.286. The topological polar surface area (TPSA) is 75.6 Å². The summed E-state index contributed by atoms with van der Waals surface area (Å²) in [6.45, 7) is 4.18. The molecule has 1 aromatic rings. The van der Waals surface area contributed by atoms with Gasteiger partial charge in [-0.1, -0.05) is 6.07 Å². The van der Waals surface area contributed by atoms with Crippen LogP contribution in [0.2, 0.25) is 0 Å². The molecule has 0 spiro atoms. The number of hydrogen-bond donors (Lipinski definition) is 2. The van der Waals surface area contributed by atoms with E-state index in [1.807, 2.05) is 13.8 Å². The zero-order valence-electron chi connectivity index (χ0n) is 11.0. The number of aliphatic carboxylic acids is 1. The highest BCUT2D eigenvalue weighted by atomic mass is 16.5. The first kappa shape index (κ1) is 14.9. The van der Waals surface area contributed by atoms with Gasteiger partial charge < -0.3 is 15.2 Å². The van der Waals surface area contributed by atoms with E-state index in [9.17, 15) is 9.59 Å². The molecule has 5 nitrogen and oxygen atoms in total. The standard InChI is InChI=1S/C14H17NO4/c1-3-19-9-13(16)15-12-6-4-11(10(2)8-12)5-7-14(17)18/h4-8H,3,9H2,1-2H3,(H,15,16)(H,17,18). The Morgan fingerprint density at radius 3 is 2.74 bits per heavy atom. The number of carbonyl (C=O) groups is 2. The maximum Gasteiger partial charge on any atom is 0.328 e. The van der Waals surface area contributed by atoms with Crippen LogP contribution in [0.25, 0.3) is 6.08 Å². The van der Waals surface area contributed by atoms with Crippen molar-refractivity contribution in [3.8, 4) is 0 Å². The summed E-state index contributed by atoms with van der Waals surface area (Å²) in [4.78, 5) is 21.9. The van der Waals surface area contributed by atoms with Gasteiger partial charge in [0.2, 0.25) is 5.91 Å². The van der Waals surface area contributed by atoms with Crippen molar-refractivity contribution in [1.82, 2.24) is 0 Å². The van der Waals surface area contributed by atoms with Crippen molar-refractivity contribution < 1.29 is 19.4 Å². The van der Waals surface area contributed by atoms with Crippen LogP contribution in [-0.2, 0) is 14.3 Å². The van der Waals surface area contributed by atoms with Crippen molar-refractivity contribution >= 4 is 23.6 Å². The second-order valence-corrected chi connectivity index (χ2v) is 3.93. The number of aryl methyl sites for hydroxylation is 1. The lowest BCUT2D eigenvalue weighted by Gasteiger charge is -2.07. The summed E-state index contributed by atoms with van der Waals surface area (Å²) in [5.74, 6) is -1.21. The van der Waals surface area contributed by atoms with E-state index in [-0.39, 0.29) is 12.5 Å². The number of carbonyl (C=O) groups excluding carboxylic acids is 1. The molecule has 0 aliphatic carbocycles. The van der Waals surface area contributed by atoms with Crippen molar-refractivity contribution in [3.05, 3.63) is 35.4 Å². The van der Waals surface area contributed by atoms with Gasteiger partial charge >= 0.3 is 5.97 Å². The summed E-state index contributed by atoms with van der Waals surface area (Å²) in [6, 6.07) is 5.26. The number of carboxylic acids is 1. The van der Waals surface area contributed by atoms with E-state index in [1.54, 1.807) is 18.2 Å². The van der Waals surface area contributed by atoms with Crippen LogP contribution in [-0.4, -0.2) is 30.2 Å². The number of nitrogens with one attached hydrogen (secondary N) is 1. The number of ether oxygens (including phenoxy) is 1. The lowest BCUT2D eigenvalue weighted by atomic mass is 10.1. The first-order valence-corrected chi connectivity index (χ1v) is 5.92. The van der Waals surface area contributed by atoms with E-state index in [2.05, 4.69) is 5.32 Å². The van der Waals surface area contributed by atoms with Gasteiger partial charge in [-0.2, -0.15) is 0 Å². The molecule has 0 atom stereocenters. The molecular weight excluding hydrogens is 246 g/mol. The van der Waals surface area contributed by atoms with Gasteiger partial charge in [0.15, 0.2) is 0 Å². The second-order valence-electron chi connectivity index (χ2n) is 3.93. The van der Waals surface area contributed by atoms with Gasteiger partial charge in [-0.3, -0.25) is 4.79 Å². The SMILES string of the molecule is CCOCC(=O)Nc1ccc(C=CC(=O)O)c(C)c1. The molecule has 102 valence electrons. The molecule has 1 amide bonds. The summed E-state index contributed by atoms with van der Waals surface area (Å²) in [6.07, 6.45) is 2.60. The van der Waals surface area contributed by atoms with Crippen molar-refractivity contribution in [3.63, 3.8) is 0 Å². The molecule has 19 heavy (non-hydrogen) atoms. The number of hydrogen-bond acceptors (Lipinski definition) is 3. The van der Waals surface area contributed by atoms with Crippen LogP contribution in [0.4, 0.5) is 5.69 Å². The highest BCUT2D eigenvalue weighted by molar-refractivity contribution is 5.92. The maximum absolute atomic E-state index is 11.5. The van der Waals surface area contributed by atoms with Crippen LogP contribution in [0.15, 0.2) is 24.3 Å². The van der Waals surface area contributed by atoms with E-state index in [0.29, 0.717) is 12.3 Å². The minimum absolute atomic E-state index is 0.0240. The monoisotopic (exact) mass is 263 g/mol. The molecule has 0 unspecified atom stereocenters.